The standard InChI is InChI=1S/C12H14FN3/c1-8-11(7-14)16(2)12(15-8)9-3-5-10(13)6-4-9/h3-6H,7,14H2,1-2H3. The lowest BCUT2D eigenvalue weighted by atomic mass is 10.2. The largest absolute Gasteiger partial charge is 0.330 e. The van der Waals surface area contributed by atoms with E-state index in [0.717, 1.165) is 22.8 Å². The Kier molecular flexibility index (Phi) is 2.75. The van der Waals surface area contributed by atoms with Gasteiger partial charge in [-0.3, -0.25) is 0 Å². The van der Waals surface area contributed by atoms with Gasteiger partial charge in [-0.2, -0.15) is 0 Å². The maximum Gasteiger partial charge on any atom is 0.140 e. The summed E-state index contributed by atoms with van der Waals surface area (Å²) >= 11 is 0. The first-order valence-electron chi connectivity index (χ1n) is 5.11. The summed E-state index contributed by atoms with van der Waals surface area (Å²) in [6.45, 7) is 2.38. The summed E-state index contributed by atoms with van der Waals surface area (Å²) in [5.74, 6) is 0.576. The van der Waals surface area contributed by atoms with Gasteiger partial charge in [0.05, 0.1) is 11.4 Å². The molecule has 0 saturated carbocycles. The van der Waals surface area contributed by atoms with Crippen LogP contribution in [0.1, 0.15) is 11.4 Å². The number of nitrogens with zero attached hydrogens (tertiary/aromatic N) is 2. The van der Waals surface area contributed by atoms with Crippen molar-refractivity contribution in [1.29, 1.82) is 0 Å². The molecule has 0 aliphatic rings. The molecule has 0 radical (unpaired) electrons. The van der Waals surface area contributed by atoms with E-state index in [1.165, 1.54) is 12.1 Å². The molecule has 1 aromatic carbocycles. The average molecular weight is 219 g/mol. The molecule has 0 bridgehead atoms. The number of rotatable bonds is 2. The number of hydrogen-bond donors (Lipinski definition) is 1. The second kappa shape index (κ2) is 4.06. The van der Waals surface area contributed by atoms with Crippen LogP contribution in [0.4, 0.5) is 4.39 Å². The molecule has 0 amide bonds. The monoisotopic (exact) mass is 219 g/mol. The van der Waals surface area contributed by atoms with E-state index >= 15 is 0 Å². The third-order valence-electron chi connectivity index (χ3n) is 2.71. The van der Waals surface area contributed by atoms with Crippen molar-refractivity contribution in [3.05, 3.63) is 41.5 Å². The highest BCUT2D eigenvalue weighted by molar-refractivity contribution is 5.56. The fourth-order valence-electron chi connectivity index (χ4n) is 1.81. The van der Waals surface area contributed by atoms with Crippen LogP contribution in [0.15, 0.2) is 24.3 Å². The predicted octanol–water partition coefficient (Wildman–Crippen LogP) is 1.99. The van der Waals surface area contributed by atoms with Crippen molar-refractivity contribution in [2.45, 2.75) is 13.5 Å². The molecule has 4 heteroatoms. The number of imidazole rings is 1. The van der Waals surface area contributed by atoms with Gasteiger partial charge in [0, 0.05) is 19.2 Å². The van der Waals surface area contributed by atoms with Crippen LogP contribution in [0.5, 0.6) is 0 Å². The van der Waals surface area contributed by atoms with Gasteiger partial charge in [0.25, 0.3) is 0 Å². The molecule has 16 heavy (non-hydrogen) atoms. The first-order chi connectivity index (χ1) is 7.63. The first-order valence-corrected chi connectivity index (χ1v) is 5.11. The summed E-state index contributed by atoms with van der Waals surface area (Å²) in [6.07, 6.45) is 0. The lowest BCUT2D eigenvalue weighted by molar-refractivity contribution is 0.628. The zero-order valence-electron chi connectivity index (χ0n) is 9.37. The highest BCUT2D eigenvalue weighted by Gasteiger charge is 2.11. The van der Waals surface area contributed by atoms with Gasteiger partial charge < -0.3 is 10.3 Å². The highest BCUT2D eigenvalue weighted by Crippen LogP contribution is 2.21. The quantitative estimate of drug-likeness (QED) is 0.839. The van der Waals surface area contributed by atoms with Gasteiger partial charge in [0.1, 0.15) is 11.6 Å². The van der Waals surface area contributed by atoms with E-state index in [1.54, 1.807) is 12.1 Å². The summed E-state index contributed by atoms with van der Waals surface area (Å²) < 4.78 is 14.8. The molecule has 2 N–H and O–H groups in total. The number of nitrogens with two attached hydrogens (primary N) is 1. The van der Waals surface area contributed by atoms with Crippen LogP contribution < -0.4 is 5.73 Å². The van der Waals surface area contributed by atoms with Gasteiger partial charge in [-0.25, -0.2) is 9.37 Å². The van der Waals surface area contributed by atoms with Crippen molar-refractivity contribution in [3.63, 3.8) is 0 Å². The van der Waals surface area contributed by atoms with Gasteiger partial charge in [0.2, 0.25) is 0 Å². The maximum atomic E-state index is 12.8. The molecule has 1 heterocycles. The molecule has 1 aromatic heterocycles. The summed E-state index contributed by atoms with van der Waals surface area (Å²) in [7, 11) is 1.92. The van der Waals surface area contributed by atoms with Crippen molar-refractivity contribution in [2.24, 2.45) is 12.8 Å². The minimum Gasteiger partial charge on any atom is -0.330 e. The van der Waals surface area contributed by atoms with Crippen LogP contribution in [-0.2, 0) is 13.6 Å². The molecule has 2 aromatic rings. The van der Waals surface area contributed by atoms with Crippen LogP contribution >= 0.6 is 0 Å². The zero-order valence-corrected chi connectivity index (χ0v) is 9.37. The average Bonchev–Trinajstić information content (AvgIpc) is 2.55. The molecule has 0 aliphatic heterocycles. The Morgan fingerprint density at radius 2 is 1.94 bits per heavy atom. The molecule has 0 spiro atoms. The van der Waals surface area contributed by atoms with E-state index in [-0.39, 0.29) is 5.82 Å². The Morgan fingerprint density at radius 1 is 1.31 bits per heavy atom. The topological polar surface area (TPSA) is 43.8 Å². The lowest BCUT2D eigenvalue weighted by Gasteiger charge is -2.04. The Hall–Kier alpha value is -1.68. The maximum absolute atomic E-state index is 12.8. The van der Waals surface area contributed by atoms with Gasteiger partial charge >= 0.3 is 0 Å². The van der Waals surface area contributed by atoms with Crippen LogP contribution in [-0.4, -0.2) is 9.55 Å². The van der Waals surface area contributed by atoms with E-state index in [2.05, 4.69) is 4.98 Å². The highest BCUT2D eigenvalue weighted by atomic mass is 19.1. The molecule has 0 fully saturated rings. The summed E-state index contributed by atoms with van der Waals surface area (Å²) in [5, 5.41) is 0. The molecule has 84 valence electrons. The third kappa shape index (κ3) is 1.72. The lowest BCUT2D eigenvalue weighted by Crippen LogP contribution is -2.05. The van der Waals surface area contributed by atoms with Gasteiger partial charge in [-0.15, -0.1) is 0 Å². The smallest absolute Gasteiger partial charge is 0.140 e. The third-order valence-corrected chi connectivity index (χ3v) is 2.71. The van der Waals surface area contributed by atoms with Gasteiger partial charge in [-0.1, -0.05) is 0 Å². The van der Waals surface area contributed by atoms with E-state index < -0.39 is 0 Å². The van der Waals surface area contributed by atoms with E-state index in [1.807, 2.05) is 18.5 Å². The minimum absolute atomic E-state index is 0.242. The van der Waals surface area contributed by atoms with Crippen LogP contribution in [0, 0.1) is 12.7 Å². The molecular formula is C12H14FN3. The molecule has 0 atom stereocenters. The van der Waals surface area contributed by atoms with Crippen molar-refractivity contribution < 1.29 is 4.39 Å². The molecule has 3 nitrogen and oxygen atoms in total. The zero-order chi connectivity index (χ0) is 11.7. The van der Waals surface area contributed by atoms with Gasteiger partial charge in [0.15, 0.2) is 0 Å². The fourth-order valence-corrected chi connectivity index (χ4v) is 1.81. The Bertz CT molecular complexity index is 500. The molecule has 2 rings (SSSR count). The second-order valence-corrected chi connectivity index (χ2v) is 3.74. The van der Waals surface area contributed by atoms with E-state index in [4.69, 9.17) is 5.73 Å². The minimum atomic E-state index is -0.242. The predicted molar refractivity (Wildman–Crippen MR) is 61.2 cm³/mol. The number of hydrogen-bond acceptors (Lipinski definition) is 2. The Balaban J connectivity index is 2.52. The number of aryl methyl sites for hydroxylation is 1. The van der Waals surface area contributed by atoms with Crippen molar-refractivity contribution >= 4 is 0 Å². The molecule has 0 aliphatic carbocycles. The fraction of sp³-hybridized carbons (Fsp3) is 0.250. The SMILES string of the molecule is Cc1nc(-c2ccc(F)cc2)n(C)c1CN. The summed E-state index contributed by atoms with van der Waals surface area (Å²) in [5.41, 5.74) is 8.46. The van der Waals surface area contributed by atoms with E-state index in [0.29, 0.717) is 6.54 Å². The molecular weight excluding hydrogens is 205 g/mol. The van der Waals surface area contributed by atoms with Gasteiger partial charge in [-0.05, 0) is 31.2 Å². The second-order valence-electron chi connectivity index (χ2n) is 3.74. The van der Waals surface area contributed by atoms with E-state index in [9.17, 15) is 4.39 Å². The van der Waals surface area contributed by atoms with Crippen molar-refractivity contribution in [3.8, 4) is 11.4 Å². The summed E-state index contributed by atoms with van der Waals surface area (Å²) in [6, 6.07) is 6.30. The molecule has 0 saturated heterocycles. The first kappa shape index (κ1) is 10.8. The Morgan fingerprint density at radius 3 is 2.44 bits per heavy atom. The number of aromatic nitrogens is 2. The van der Waals surface area contributed by atoms with Crippen molar-refractivity contribution in [2.75, 3.05) is 0 Å². The number of halogens is 1. The van der Waals surface area contributed by atoms with Crippen LogP contribution in [0.25, 0.3) is 11.4 Å². The Labute approximate surface area is 93.7 Å². The van der Waals surface area contributed by atoms with Crippen molar-refractivity contribution in [1.82, 2.24) is 9.55 Å². The van der Waals surface area contributed by atoms with Crippen LogP contribution in [0.3, 0.4) is 0 Å². The number of benzene rings is 1. The normalized spacial score (nSPS) is 10.8. The molecule has 0 unspecified atom stereocenters. The summed E-state index contributed by atoms with van der Waals surface area (Å²) in [4.78, 5) is 4.44. The van der Waals surface area contributed by atoms with Crippen LogP contribution in [0.2, 0.25) is 0 Å².